The standard InChI is InChI=1S/C22H21N5O/c1-13-7-17-14(8-15(13)10-23)3-2-4-20(17)27-16-5-6-19(24)18(9-16)22(25)21-11-26-12-28-21/h5-9,11-12,20,25,27H,2-4,24H2,1H3. The van der Waals surface area contributed by atoms with Crippen molar-refractivity contribution >= 4 is 17.1 Å². The molecule has 140 valence electrons. The van der Waals surface area contributed by atoms with Crippen LogP contribution in [0.4, 0.5) is 11.4 Å². The van der Waals surface area contributed by atoms with Crippen LogP contribution in [0.15, 0.2) is 47.3 Å². The number of nitrogen functional groups attached to an aromatic ring is 1. The van der Waals surface area contributed by atoms with E-state index in [1.807, 2.05) is 25.1 Å². The minimum atomic E-state index is 0.158. The second kappa shape index (κ2) is 7.20. The number of nitrogens with two attached hydrogens (primary N) is 1. The Hall–Kier alpha value is -3.59. The van der Waals surface area contributed by atoms with Gasteiger partial charge in [0.25, 0.3) is 0 Å². The average Bonchev–Trinajstić information content (AvgIpc) is 3.24. The summed E-state index contributed by atoms with van der Waals surface area (Å²) >= 11 is 0. The number of nitrogens with zero attached hydrogens (tertiary/aromatic N) is 2. The van der Waals surface area contributed by atoms with Gasteiger partial charge in [0.15, 0.2) is 12.2 Å². The van der Waals surface area contributed by atoms with E-state index in [9.17, 15) is 5.26 Å². The van der Waals surface area contributed by atoms with Crippen molar-refractivity contribution in [3.8, 4) is 6.07 Å². The van der Waals surface area contributed by atoms with Crippen molar-refractivity contribution in [2.24, 2.45) is 0 Å². The van der Waals surface area contributed by atoms with Gasteiger partial charge in [-0.25, -0.2) is 4.98 Å². The highest BCUT2D eigenvalue weighted by Gasteiger charge is 2.22. The highest BCUT2D eigenvalue weighted by atomic mass is 16.3. The Balaban J connectivity index is 1.64. The molecule has 0 bridgehead atoms. The minimum Gasteiger partial charge on any atom is -0.442 e. The van der Waals surface area contributed by atoms with Crippen LogP contribution in [0.25, 0.3) is 0 Å². The van der Waals surface area contributed by atoms with Crippen LogP contribution in [-0.2, 0) is 6.42 Å². The zero-order chi connectivity index (χ0) is 19.7. The van der Waals surface area contributed by atoms with Crippen molar-refractivity contribution in [1.82, 2.24) is 4.98 Å². The van der Waals surface area contributed by atoms with Crippen molar-refractivity contribution in [2.45, 2.75) is 32.2 Å². The molecule has 6 heteroatoms. The average molecular weight is 371 g/mol. The monoisotopic (exact) mass is 371 g/mol. The molecule has 2 aromatic carbocycles. The molecule has 3 aromatic rings. The normalized spacial score (nSPS) is 15.5. The number of oxazole rings is 1. The third-order valence-corrected chi connectivity index (χ3v) is 5.26. The van der Waals surface area contributed by atoms with Gasteiger partial charge in [0, 0.05) is 16.9 Å². The summed E-state index contributed by atoms with van der Waals surface area (Å²) in [4.78, 5) is 3.87. The number of aryl methyl sites for hydroxylation is 2. The van der Waals surface area contributed by atoms with Crippen molar-refractivity contribution in [3.05, 3.63) is 76.5 Å². The number of hydrogen-bond acceptors (Lipinski definition) is 6. The molecule has 0 aliphatic heterocycles. The molecule has 0 spiro atoms. The zero-order valence-corrected chi connectivity index (χ0v) is 15.6. The maximum absolute atomic E-state index is 9.30. The van der Waals surface area contributed by atoms with Crippen molar-refractivity contribution in [1.29, 1.82) is 10.7 Å². The summed E-state index contributed by atoms with van der Waals surface area (Å²) in [5.41, 5.74) is 12.5. The first-order valence-electron chi connectivity index (χ1n) is 9.24. The van der Waals surface area contributed by atoms with Gasteiger partial charge in [0.05, 0.1) is 23.9 Å². The lowest BCUT2D eigenvalue weighted by atomic mass is 9.85. The first-order valence-corrected chi connectivity index (χ1v) is 9.24. The summed E-state index contributed by atoms with van der Waals surface area (Å²) in [5.74, 6) is 0.381. The maximum Gasteiger partial charge on any atom is 0.181 e. The summed E-state index contributed by atoms with van der Waals surface area (Å²) in [6, 6.07) is 12.2. The largest absolute Gasteiger partial charge is 0.442 e. The SMILES string of the molecule is Cc1cc2c(cc1C#N)CCCC2Nc1ccc(N)c(C(=N)c2cnco2)c1. The number of benzene rings is 2. The molecule has 0 saturated heterocycles. The molecular weight excluding hydrogens is 350 g/mol. The van der Waals surface area contributed by atoms with Crippen LogP contribution in [0.2, 0.25) is 0 Å². The fourth-order valence-electron chi connectivity index (χ4n) is 3.77. The van der Waals surface area contributed by atoms with E-state index in [0.717, 1.165) is 36.1 Å². The van der Waals surface area contributed by atoms with Crippen LogP contribution in [0, 0.1) is 23.7 Å². The first kappa shape index (κ1) is 17.8. The highest BCUT2D eigenvalue weighted by Crippen LogP contribution is 2.35. The van der Waals surface area contributed by atoms with E-state index in [1.165, 1.54) is 23.7 Å². The molecule has 0 fully saturated rings. The molecular formula is C22H21N5O. The van der Waals surface area contributed by atoms with Gasteiger partial charge >= 0.3 is 0 Å². The quantitative estimate of drug-likeness (QED) is 0.466. The van der Waals surface area contributed by atoms with Crippen molar-refractivity contribution in [3.63, 3.8) is 0 Å². The molecule has 4 N–H and O–H groups in total. The van der Waals surface area contributed by atoms with E-state index in [-0.39, 0.29) is 11.8 Å². The van der Waals surface area contributed by atoms with Gasteiger partial charge in [-0.15, -0.1) is 0 Å². The Labute approximate surface area is 163 Å². The first-order chi connectivity index (χ1) is 13.6. The molecule has 28 heavy (non-hydrogen) atoms. The molecule has 1 aromatic heterocycles. The predicted octanol–water partition coefficient (Wildman–Crippen LogP) is 4.34. The van der Waals surface area contributed by atoms with Gasteiger partial charge in [0.1, 0.15) is 5.71 Å². The molecule has 1 atom stereocenters. The van der Waals surface area contributed by atoms with E-state index in [1.54, 1.807) is 6.07 Å². The Kier molecular flexibility index (Phi) is 4.58. The van der Waals surface area contributed by atoms with Crippen LogP contribution < -0.4 is 11.1 Å². The van der Waals surface area contributed by atoms with E-state index >= 15 is 0 Å². The Morgan fingerprint density at radius 1 is 1.36 bits per heavy atom. The summed E-state index contributed by atoms with van der Waals surface area (Å²) in [6.45, 7) is 1.98. The predicted molar refractivity (Wildman–Crippen MR) is 108 cm³/mol. The molecule has 1 aliphatic rings. The lowest BCUT2D eigenvalue weighted by Gasteiger charge is -2.28. The van der Waals surface area contributed by atoms with E-state index in [0.29, 0.717) is 17.0 Å². The molecule has 0 saturated carbocycles. The Bertz CT molecular complexity index is 1080. The summed E-state index contributed by atoms with van der Waals surface area (Å²) in [7, 11) is 0. The van der Waals surface area contributed by atoms with Gasteiger partial charge in [0.2, 0.25) is 0 Å². The van der Waals surface area contributed by atoms with Crippen LogP contribution in [0.3, 0.4) is 0 Å². The molecule has 6 nitrogen and oxygen atoms in total. The third-order valence-electron chi connectivity index (χ3n) is 5.26. The Morgan fingerprint density at radius 3 is 2.96 bits per heavy atom. The smallest absolute Gasteiger partial charge is 0.181 e. The topological polar surface area (TPSA) is 112 Å². The van der Waals surface area contributed by atoms with Crippen molar-refractivity contribution < 1.29 is 4.42 Å². The van der Waals surface area contributed by atoms with Crippen molar-refractivity contribution in [2.75, 3.05) is 11.1 Å². The molecule has 0 amide bonds. The van der Waals surface area contributed by atoms with Gasteiger partial charge in [-0.3, -0.25) is 5.41 Å². The summed E-state index contributed by atoms with van der Waals surface area (Å²) in [5, 5.41) is 21.2. The van der Waals surface area contributed by atoms with Crippen LogP contribution in [0.5, 0.6) is 0 Å². The lowest BCUT2D eigenvalue weighted by Crippen LogP contribution is -2.18. The minimum absolute atomic E-state index is 0.158. The number of rotatable bonds is 4. The summed E-state index contributed by atoms with van der Waals surface area (Å²) in [6.07, 6.45) is 5.88. The van der Waals surface area contributed by atoms with Gasteiger partial charge < -0.3 is 15.5 Å². The summed E-state index contributed by atoms with van der Waals surface area (Å²) < 4.78 is 5.24. The number of anilines is 2. The van der Waals surface area contributed by atoms with E-state index < -0.39 is 0 Å². The van der Waals surface area contributed by atoms with Crippen LogP contribution >= 0.6 is 0 Å². The zero-order valence-electron chi connectivity index (χ0n) is 15.6. The number of aromatic nitrogens is 1. The second-order valence-electron chi connectivity index (χ2n) is 7.11. The molecule has 1 unspecified atom stereocenters. The molecule has 1 aliphatic carbocycles. The second-order valence-corrected chi connectivity index (χ2v) is 7.11. The van der Waals surface area contributed by atoms with Gasteiger partial charge in [-0.1, -0.05) is 6.07 Å². The van der Waals surface area contributed by atoms with Gasteiger partial charge in [-0.05, 0) is 67.1 Å². The number of nitriles is 1. The van der Waals surface area contributed by atoms with Crippen LogP contribution in [0.1, 0.15) is 52.5 Å². The fourth-order valence-corrected chi connectivity index (χ4v) is 3.77. The van der Waals surface area contributed by atoms with Crippen LogP contribution in [-0.4, -0.2) is 10.7 Å². The fraction of sp³-hybridized carbons (Fsp3) is 0.227. The maximum atomic E-state index is 9.30. The Morgan fingerprint density at radius 2 is 2.21 bits per heavy atom. The number of hydrogen-bond donors (Lipinski definition) is 3. The molecule has 4 rings (SSSR count). The van der Waals surface area contributed by atoms with E-state index in [2.05, 4.69) is 22.4 Å². The number of nitrogens with one attached hydrogen (secondary N) is 2. The number of fused-ring (bicyclic) bond motifs is 1. The van der Waals surface area contributed by atoms with Gasteiger partial charge in [-0.2, -0.15) is 5.26 Å². The van der Waals surface area contributed by atoms with E-state index in [4.69, 9.17) is 15.6 Å². The lowest BCUT2D eigenvalue weighted by molar-refractivity contribution is 0.548. The molecule has 0 radical (unpaired) electrons. The third kappa shape index (κ3) is 3.23. The highest BCUT2D eigenvalue weighted by molar-refractivity contribution is 6.12. The molecule has 1 heterocycles.